The van der Waals surface area contributed by atoms with Crippen LogP contribution in [0, 0.1) is 0 Å². The first kappa shape index (κ1) is 14.8. The number of nitrogens with zero attached hydrogens (tertiary/aromatic N) is 4. The highest BCUT2D eigenvalue weighted by atomic mass is 16.2. The summed E-state index contributed by atoms with van der Waals surface area (Å²) in [5, 5.41) is 16.6. The molecule has 2 amide bonds. The van der Waals surface area contributed by atoms with E-state index in [1.165, 1.54) is 4.90 Å². The minimum absolute atomic E-state index is 0.124. The Morgan fingerprint density at radius 2 is 2.10 bits per heavy atom. The Bertz CT molecular complexity index is 608. The van der Waals surface area contributed by atoms with E-state index < -0.39 is 0 Å². The number of aromatic amines is 1. The second kappa shape index (κ2) is 6.73. The lowest BCUT2D eigenvalue weighted by Gasteiger charge is -2.13. The molecule has 0 spiro atoms. The molecule has 0 aliphatic carbocycles. The number of carbonyl (C=O) groups is 1. The molecular weight excluding hydrogens is 272 g/mol. The molecule has 0 atom stereocenters. The summed E-state index contributed by atoms with van der Waals surface area (Å²) in [6.07, 6.45) is 1.67. The summed E-state index contributed by atoms with van der Waals surface area (Å²) >= 11 is 0. The van der Waals surface area contributed by atoms with Crippen molar-refractivity contribution in [1.29, 1.82) is 0 Å². The number of hydrogen-bond donors (Lipinski definition) is 4. The lowest BCUT2D eigenvalue weighted by atomic mass is 10.4. The van der Waals surface area contributed by atoms with Crippen molar-refractivity contribution < 1.29 is 4.79 Å². The minimum Gasteiger partial charge on any atom is -0.368 e. The van der Waals surface area contributed by atoms with Crippen LogP contribution in [0.5, 0.6) is 0 Å². The maximum absolute atomic E-state index is 11.4. The molecule has 2 rings (SSSR count). The topological polar surface area (TPSA) is 111 Å². The van der Waals surface area contributed by atoms with E-state index in [4.69, 9.17) is 0 Å². The van der Waals surface area contributed by atoms with Crippen molar-refractivity contribution in [3.05, 3.63) is 6.20 Å². The zero-order valence-corrected chi connectivity index (χ0v) is 12.4. The quantitative estimate of drug-likeness (QED) is 0.576. The molecule has 0 aromatic carbocycles. The lowest BCUT2D eigenvalue weighted by Crippen LogP contribution is -2.37. The number of carbonyl (C=O) groups excluding carboxylic acids is 1. The average Bonchev–Trinajstić information content (AvgIpc) is 2.91. The standard InChI is InChI=1S/C12H20N8O/c1-4-13-11-17-9(8-7-16-19-10(8)18-11)14-5-6-15-12(21)20(2)3/h7H,4-6H2,1-3H3,(H,15,21)(H3,13,14,16,17,18,19). The number of hydrogen-bond acceptors (Lipinski definition) is 6. The zero-order chi connectivity index (χ0) is 15.2. The third-order valence-electron chi connectivity index (χ3n) is 2.74. The smallest absolute Gasteiger partial charge is 0.316 e. The Kier molecular flexibility index (Phi) is 4.75. The molecule has 2 aromatic rings. The van der Waals surface area contributed by atoms with Gasteiger partial charge in [-0.15, -0.1) is 0 Å². The van der Waals surface area contributed by atoms with Crippen LogP contribution in [0.3, 0.4) is 0 Å². The summed E-state index contributed by atoms with van der Waals surface area (Å²) in [4.78, 5) is 21.6. The van der Waals surface area contributed by atoms with Gasteiger partial charge in [-0.3, -0.25) is 5.10 Å². The van der Waals surface area contributed by atoms with E-state index in [1.54, 1.807) is 20.3 Å². The highest BCUT2D eigenvalue weighted by Gasteiger charge is 2.09. The van der Waals surface area contributed by atoms with E-state index in [-0.39, 0.29) is 6.03 Å². The largest absolute Gasteiger partial charge is 0.368 e. The first-order valence-corrected chi connectivity index (χ1v) is 6.75. The molecule has 2 aromatic heterocycles. The lowest BCUT2D eigenvalue weighted by molar-refractivity contribution is 0.218. The fourth-order valence-electron chi connectivity index (χ4n) is 1.72. The third-order valence-corrected chi connectivity index (χ3v) is 2.74. The van der Waals surface area contributed by atoms with Gasteiger partial charge >= 0.3 is 6.03 Å². The van der Waals surface area contributed by atoms with Gasteiger partial charge < -0.3 is 20.9 Å². The van der Waals surface area contributed by atoms with Crippen LogP contribution in [0.1, 0.15) is 6.92 Å². The monoisotopic (exact) mass is 292 g/mol. The molecule has 4 N–H and O–H groups in total. The molecule has 0 unspecified atom stereocenters. The molecule has 0 saturated carbocycles. The predicted molar refractivity (Wildman–Crippen MR) is 81.4 cm³/mol. The number of nitrogens with one attached hydrogen (secondary N) is 4. The van der Waals surface area contributed by atoms with Gasteiger partial charge in [0.25, 0.3) is 0 Å². The molecule has 2 heterocycles. The average molecular weight is 292 g/mol. The van der Waals surface area contributed by atoms with Crippen LogP contribution >= 0.6 is 0 Å². The number of aromatic nitrogens is 4. The molecule has 0 bridgehead atoms. The summed E-state index contributed by atoms with van der Waals surface area (Å²) in [5.74, 6) is 1.22. The van der Waals surface area contributed by atoms with Gasteiger partial charge in [-0.05, 0) is 6.92 Å². The first-order chi connectivity index (χ1) is 10.1. The van der Waals surface area contributed by atoms with E-state index in [9.17, 15) is 4.79 Å². The Morgan fingerprint density at radius 1 is 1.29 bits per heavy atom. The van der Waals surface area contributed by atoms with Gasteiger partial charge in [-0.25, -0.2) is 4.79 Å². The fourth-order valence-corrected chi connectivity index (χ4v) is 1.72. The molecule has 0 radical (unpaired) electrons. The Hall–Kier alpha value is -2.58. The van der Waals surface area contributed by atoms with Crippen molar-refractivity contribution in [3.8, 4) is 0 Å². The summed E-state index contributed by atoms with van der Waals surface area (Å²) in [6.45, 7) is 3.77. The van der Waals surface area contributed by atoms with Crippen LogP contribution < -0.4 is 16.0 Å². The van der Waals surface area contributed by atoms with Gasteiger partial charge in [0.15, 0.2) is 5.65 Å². The SMILES string of the molecule is CCNc1nc(NCCNC(=O)N(C)C)c2cn[nH]c2n1. The summed E-state index contributed by atoms with van der Waals surface area (Å²) in [7, 11) is 3.40. The Morgan fingerprint density at radius 3 is 2.81 bits per heavy atom. The molecule has 0 aliphatic rings. The van der Waals surface area contributed by atoms with Crippen LogP contribution in [-0.2, 0) is 0 Å². The van der Waals surface area contributed by atoms with Crippen LogP contribution in [-0.4, -0.2) is 64.8 Å². The maximum atomic E-state index is 11.4. The van der Waals surface area contributed by atoms with Crippen LogP contribution in [0.15, 0.2) is 6.20 Å². The van der Waals surface area contributed by atoms with E-state index in [1.807, 2.05) is 6.92 Å². The number of H-pyrrole nitrogens is 1. The molecule has 9 nitrogen and oxygen atoms in total. The summed E-state index contributed by atoms with van der Waals surface area (Å²) in [5.41, 5.74) is 0.667. The van der Waals surface area contributed by atoms with Crippen LogP contribution in [0.25, 0.3) is 11.0 Å². The van der Waals surface area contributed by atoms with Gasteiger partial charge in [0.1, 0.15) is 5.82 Å². The molecule has 0 fully saturated rings. The number of rotatable bonds is 6. The van der Waals surface area contributed by atoms with Crippen molar-refractivity contribution in [2.45, 2.75) is 6.92 Å². The summed E-state index contributed by atoms with van der Waals surface area (Å²) < 4.78 is 0. The van der Waals surface area contributed by atoms with Crippen molar-refractivity contribution >= 4 is 28.8 Å². The predicted octanol–water partition coefficient (Wildman–Crippen LogP) is 0.468. The van der Waals surface area contributed by atoms with E-state index >= 15 is 0 Å². The van der Waals surface area contributed by atoms with Crippen molar-refractivity contribution in [2.24, 2.45) is 0 Å². The maximum Gasteiger partial charge on any atom is 0.316 e. The molecule has 0 saturated heterocycles. The first-order valence-electron chi connectivity index (χ1n) is 6.75. The van der Waals surface area contributed by atoms with Crippen molar-refractivity contribution in [2.75, 3.05) is 44.4 Å². The minimum atomic E-state index is -0.124. The molecule has 9 heteroatoms. The molecule has 114 valence electrons. The van der Waals surface area contributed by atoms with Gasteiger partial charge in [0.2, 0.25) is 5.95 Å². The highest BCUT2D eigenvalue weighted by molar-refractivity contribution is 5.87. The molecule has 21 heavy (non-hydrogen) atoms. The third kappa shape index (κ3) is 3.71. The molecular formula is C12H20N8O. The van der Waals surface area contributed by atoms with Crippen LogP contribution in [0.2, 0.25) is 0 Å². The fraction of sp³-hybridized carbons (Fsp3) is 0.500. The normalized spacial score (nSPS) is 10.4. The van der Waals surface area contributed by atoms with E-state index in [0.29, 0.717) is 30.5 Å². The van der Waals surface area contributed by atoms with Crippen LogP contribution in [0.4, 0.5) is 16.6 Å². The molecule has 0 aliphatic heterocycles. The Labute approximate surface area is 122 Å². The van der Waals surface area contributed by atoms with E-state index in [0.717, 1.165) is 11.9 Å². The zero-order valence-electron chi connectivity index (χ0n) is 12.4. The van der Waals surface area contributed by atoms with Gasteiger partial charge in [-0.2, -0.15) is 15.1 Å². The second-order valence-electron chi connectivity index (χ2n) is 4.61. The van der Waals surface area contributed by atoms with E-state index in [2.05, 4.69) is 36.1 Å². The van der Waals surface area contributed by atoms with Gasteiger partial charge in [-0.1, -0.05) is 0 Å². The van der Waals surface area contributed by atoms with Crippen molar-refractivity contribution in [3.63, 3.8) is 0 Å². The second-order valence-corrected chi connectivity index (χ2v) is 4.61. The highest BCUT2D eigenvalue weighted by Crippen LogP contribution is 2.19. The summed E-state index contributed by atoms with van der Waals surface area (Å²) in [6, 6.07) is -0.124. The van der Waals surface area contributed by atoms with Gasteiger partial charge in [0, 0.05) is 33.7 Å². The van der Waals surface area contributed by atoms with Gasteiger partial charge in [0.05, 0.1) is 11.6 Å². The number of anilines is 2. The number of fused-ring (bicyclic) bond motifs is 1. The van der Waals surface area contributed by atoms with Crippen molar-refractivity contribution in [1.82, 2.24) is 30.4 Å². The number of urea groups is 1. The number of amides is 2. The Balaban J connectivity index is 2.00.